The molecule has 0 bridgehead atoms. The Morgan fingerprint density at radius 3 is 2.55 bits per heavy atom. The van der Waals surface area contributed by atoms with Crippen molar-refractivity contribution in [3.8, 4) is 34.3 Å². The van der Waals surface area contributed by atoms with Gasteiger partial charge in [0.05, 0.1) is 13.0 Å². The van der Waals surface area contributed by atoms with Crippen LogP contribution in [0.5, 0.6) is 23.1 Å². The lowest BCUT2D eigenvalue weighted by Crippen LogP contribution is -2.08. The first-order valence-electron chi connectivity index (χ1n) is 12.4. The van der Waals surface area contributed by atoms with Gasteiger partial charge in [0.1, 0.15) is 23.9 Å². The number of nitrogens with zero attached hydrogens (tertiary/aromatic N) is 1. The summed E-state index contributed by atoms with van der Waals surface area (Å²) in [4.78, 5) is 18.9. The van der Waals surface area contributed by atoms with Gasteiger partial charge in [-0.3, -0.25) is 4.94 Å². The quantitative estimate of drug-likeness (QED) is 0.246. The van der Waals surface area contributed by atoms with Crippen molar-refractivity contribution in [3.63, 3.8) is 0 Å². The van der Waals surface area contributed by atoms with Crippen LogP contribution in [0.3, 0.4) is 0 Å². The van der Waals surface area contributed by atoms with Crippen LogP contribution in [0, 0.1) is 20.8 Å². The fourth-order valence-electron chi connectivity index (χ4n) is 4.81. The average Bonchev–Trinajstić information content (AvgIpc) is 3.30. The first kappa shape index (κ1) is 25.3. The molecular weight excluding hydrogens is 485 g/mol. The zero-order valence-electron chi connectivity index (χ0n) is 21.5. The smallest absolute Gasteiger partial charge is 0.349 e. The van der Waals surface area contributed by atoms with E-state index in [9.17, 15) is 9.32 Å². The van der Waals surface area contributed by atoms with Crippen molar-refractivity contribution in [1.29, 1.82) is 0 Å². The van der Waals surface area contributed by atoms with Crippen LogP contribution in [0.15, 0.2) is 72.9 Å². The lowest BCUT2D eigenvalue weighted by molar-refractivity contribution is -0.184. The van der Waals surface area contributed by atoms with Crippen LogP contribution in [0.4, 0.5) is 4.53 Å². The Morgan fingerprint density at radius 1 is 1.00 bits per heavy atom. The summed E-state index contributed by atoms with van der Waals surface area (Å²) in [5.41, 5.74) is 7.41. The molecule has 0 spiro atoms. The summed E-state index contributed by atoms with van der Waals surface area (Å²) in [7, 11) is 0. The van der Waals surface area contributed by atoms with Crippen molar-refractivity contribution in [3.05, 3.63) is 101 Å². The highest BCUT2D eigenvalue weighted by molar-refractivity contribution is 5.72. The number of rotatable bonds is 8. The lowest BCUT2D eigenvalue weighted by atomic mass is 9.94. The molecule has 1 atom stereocenters. The summed E-state index contributed by atoms with van der Waals surface area (Å²) in [6, 6.07) is 21.6. The predicted molar refractivity (Wildman–Crippen MR) is 141 cm³/mol. The zero-order valence-corrected chi connectivity index (χ0v) is 21.5. The third-order valence-corrected chi connectivity index (χ3v) is 6.60. The Morgan fingerprint density at radius 2 is 1.82 bits per heavy atom. The average molecular weight is 514 g/mol. The highest BCUT2D eigenvalue weighted by Gasteiger charge is 2.27. The molecule has 5 rings (SSSR count). The van der Waals surface area contributed by atoms with Gasteiger partial charge in [-0.25, -0.2) is 9.78 Å². The molecule has 1 unspecified atom stereocenters. The largest absolute Gasteiger partial charge is 0.492 e. The van der Waals surface area contributed by atoms with E-state index in [-0.39, 0.29) is 12.3 Å². The van der Waals surface area contributed by atoms with E-state index in [4.69, 9.17) is 14.2 Å². The minimum Gasteiger partial charge on any atom is -0.492 e. The fourth-order valence-corrected chi connectivity index (χ4v) is 4.81. The fraction of sp³-hybridized carbons (Fsp3) is 0.226. The summed E-state index contributed by atoms with van der Waals surface area (Å²) >= 11 is 0. The van der Waals surface area contributed by atoms with Gasteiger partial charge in [0, 0.05) is 34.3 Å². The molecule has 0 radical (unpaired) electrons. The first-order valence-corrected chi connectivity index (χ1v) is 12.4. The maximum Gasteiger partial charge on any atom is 0.349 e. The highest BCUT2D eigenvalue weighted by Crippen LogP contribution is 2.39. The van der Waals surface area contributed by atoms with Crippen molar-refractivity contribution in [2.24, 2.45) is 0 Å². The highest BCUT2D eigenvalue weighted by atomic mass is 19.3. The third kappa shape index (κ3) is 5.62. The summed E-state index contributed by atoms with van der Waals surface area (Å²) in [6.45, 7) is 6.83. The number of hydrogen-bond donors (Lipinski definition) is 0. The Labute approximate surface area is 220 Å². The molecule has 38 heavy (non-hydrogen) atoms. The van der Waals surface area contributed by atoms with Gasteiger partial charge in [-0.05, 0) is 78.4 Å². The molecule has 3 aromatic carbocycles. The predicted octanol–water partition coefficient (Wildman–Crippen LogP) is 7.34. The zero-order chi connectivity index (χ0) is 26.6. The van der Waals surface area contributed by atoms with E-state index >= 15 is 0 Å². The Kier molecular flexibility index (Phi) is 7.26. The number of hydrogen-bond acceptors (Lipinski definition) is 6. The van der Waals surface area contributed by atoms with E-state index in [1.54, 1.807) is 12.3 Å². The lowest BCUT2D eigenvalue weighted by Gasteiger charge is -2.15. The maximum absolute atomic E-state index is 12.1. The number of ether oxygens (including phenoxy) is 3. The summed E-state index contributed by atoms with van der Waals surface area (Å²) in [6.07, 6.45) is 1.72. The van der Waals surface area contributed by atoms with E-state index in [1.165, 1.54) is 0 Å². The molecule has 1 aliphatic rings. The molecule has 2 heterocycles. The van der Waals surface area contributed by atoms with Crippen molar-refractivity contribution < 1.29 is 28.5 Å². The number of fused-ring (bicyclic) bond motifs is 1. The van der Waals surface area contributed by atoms with E-state index in [1.807, 2.05) is 55.5 Å². The molecular formula is C31H28FNO5. The normalized spacial score (nSPS) is 13.9. The molecule has 0 amide bonds. The van der Waals surface area contributed by atoms with Crippen LogP contribution in [-0.2, 0) is 16.3 Å². The van der Waals surface area contributed by atoms with Gasteiger partial charge >= 0.3 is 5.97 Å². The minimum atomic E-state index is -0.900. The van der Waals surface area contributed by atoms with Crippen LogP contribution >= 0.6 is 0 Å². The van der Waals surface area contributed by atoms with Crippen LogP contribution in [-0.4, -0.2) is 17.6 Å². The summed E-state index contributed by atoms with van der Waals surface area (Å²) < 4.78 is 29.8. The number of halogens is 1. The van der Waals surface area contributed by atoms with Gasteiger partial charge in [0.25, 0.3) is 0 Å². The van der Waals surface area contributed by atoms with Crippen molar-refractivity contribution in [2.45, 2.75) is 39.7 Å². The summed E-state index contributed by atoms with van der Waals surface area (Å²) in [5.74, 6) is 1.49. The molecule has 0 aliphatic carbocycles. The summed E-state index contributed by atoms with van der Waals surface area (Å²) in [5, 5.41) is 0. The molecule has 0 fully saturated rings. The van der Waals surface area contributed by atoms with E-state index < -0.39 is 5.97 Å². The molecule has 6 nitrogen and oxygen atoms in total. The Hall–Kier alpha value is -4.39. The molecule has 1 aromatic heterocycles. The second-order valence-electron chi connectivity index (χ2n) is 9.56. The van der Waals surface area contributed by atoms with Crippen LogP contribution in [0.25, 0.3) is 11.1 Å². The number of carbonyl (C=O) groups is 1. The van der Waals surface area contributed by atoms with Crippen LogP contribution in [0.1, 0.15) is 40.2 Å². The number of carbonyl (C=O) groups excluding carboxylic acids is 1. The Bertz CT molecular complexity index is 1440. The van der Waals surface area contributed by atoms with Crippen molar-refractivity contribution in [2.75, 3.05) is 6.61 Å². The van der Waals surface area contributed by atoms with E-state index in [0.717, 1.165) is 44.7 Å². The maximum atomic E-state index is 12.1. The van der Waals surface area contributed by atoms with Gasteiger partial charge < -0.3 is 14.2 Å². The van der Waals surface area contributed by atoms with E-state index in [0.29, 0.717) is 30.6 Å². The van der Waals surface area contributed by atoms with Gasteiger partial charge in [-0.1, -0.05) is 30.3 Å². The van der Waals surface area contributed by atoms with Gasteiger partial charge in [0.2, 0.25) is 5.88 Å². The second-order valence-corrected chi connectivity index (χ2v) is 9.56. The Balaban J connectivity index is 1.28. The van der Waals surface area contributed by atoms with Gasteiger partial charge in [0.15, 0.2) is 0 Å². The first-order chi connectivity index (χ1) is 18.4. The molecule has 194 valence electrons. The topological polar surface area (TPSA) is 66.9 Å². The number of aryl methyl sites for hydroxylation is 3. The monoisotopic (exact) mass is 513 g/mol. The standard InChI is InChI=1S/C31H28FNO5/c1-19-7-10-29(33-16-19)37-26-11-20(2)31(21(3)12-26)23-6-4-5-22(13-23)17-35-25-8-9-27-24(14-30(34)38-32)18-36-28(27)15-25/h4-13,15-16,24H,14,17-18H2,1-3H3. The third-order valence-electron chi connectivity index (χ3n) is 6.60. The van der Waals surface area contributed by atoms with Crippen molar-refractivity contribution in [1.82, 2.24) is 4.98 Å². The van der Waals surface area contributed by atoms with Gasteiger partial charge in [-0.2, -0.15) is 0 Å². The minimum absolute atomic E-state index is 0.0642. The van der Waals surface area contributed by atoms with Gasteiger partial charge in [-0.15, -0.1) is 0 Å². The van der Waals surface area contributed by atoms with E-state index in [2.05, 4.69) is 35.9 Å². The number of aromatic nitrogens is 1. The molecule has 4 aromatic rings. The van der Waals surface area contributed by atoms with Crippen molar-refractivity contribution >= 4 is 5.97 Å². The molecule has 7 heteroatoms. The number of pyridine rings is 1. The molecule has 1 aliphatic heterocycles. The molecule has 0 saturated carbocycles. The molecule has 0 N–H and O–H groups in total. The molecule has 0 saturated heterocycles. The van der Waals surface area contributed by atoms with Crippen LogP contribution < -0.4 is 14.2 Å². The SMILES string of the molecule is Cc1ccc(Oc2cc(C)c(-c3cccc(COc4ccc5c(c4)OCC5CC(=O)OF)c3)c(C)c2)nc1. The number of benzene rings is 3. The van der Waals surface area contributed by atoms with Crippen LogP contribution in [0.2, 0.25) is 0 Å². The second kappa shape index (κ2) is 10.9.